The average Bonchev–Trinajstić information content (AvgIpc) is 2.96. The zero-order valence-corrected chi connectivity index (χ0v) is 16.9. The fourth-order valence-electron chi connectivity index (χ4n) is 2.93. The van der Waals surface area contributed by atoms with Crippen molar-refractivity contribution in [3.63, 3.8) is 0 Å². The Balaban J connectivity index is 1.70. The summed E-state index contributed by atoms with van der Waals surface area (Å²) in [5.74, 6) is -1.65. The Kier molecular flexibility index (Phi) is 6.01. The molecule has 0 heterocycles. The van der Waals surface area contributed by atoms with Gasteiger partial charge in [-0.1, -0.05) is 18.2 Å². The van der Waals surface area contributed by atoms with Gasteiger partial charge in [-0.15, -0.1) is 0 Å². The maximum absolute atomic E-state index is 12.6. The normalized spacial score (nSPS) is 13.1. The summed E-state index contributed by atoms with van der Waals surface area (Å²) in [6, 6.07) is 5.20. The molecule has 0 bridgehead atoms. The summed E-state index contributed by atoms with van der Waals surface area (Å²) < 4.78 is 0. The first kappa shape index (κ1) is 21.5. The van der Waals surface area contributed by atoms with Crippen LogP contribution in [0.1, 0.15) is 17.5 Å². The first-order chi connectivity index (χ1) is 14.7. The van der Waals surface area contributed by atoms with Crippen molar-refractivity contribution < 1.29 is 30.0 Å². The number of rotatable bonds is 4. The van der Waals surface area contributed by atoms with Crippen molar-refractivity contribution in [2.24, 2.45) is 0 Å². The van der Waals surface area contributed by atoms with Gasteiger partial charge >= 0.3 is 0 Å². The van der Waals surface area contributed by atoms with Gasteiger partial charge in [0.1, 0.15) is 23.0 Å². The first-order valence-electron chi connectivity index (χ1n) is 9.41. The summed E-state index contributed by atoms with van der Waals surface area (Å²) in [6.45, 7) is 3.27. The number of nitrogens with one attached hydrogen (secondary N) is 2. The molecule has 0 unspecified atom stereocenters. The summed E-state index contributed by atoms with van der Waals surface area (Å²) in [7, 11) is 0. The van der Waals surface area contributed by atoms with Crippen LogP contribution in [0, 0.1) is 13.8 Å². The molecule has 0 atom stereocenters. The van der Waals surface area contributed by atoms with E-state index in [1.807, 2.05) is 0 Å². The number of phenolic OH excluding ortho intramolecular Hbond substituents is 4. The van der Waals surface area contributed by atoms with E-state index in [2.05, 4.69) is 10.6 Å². The zero-order chi connectivity index (χ0) is 22.7. The van der Waals surface area contributed by atoms with E-state index in [0.717, 1.165) is 12.1 Å². The van der Waals surface area contributed by atoms with Gasteiger partial charge in [-0.05, 0) is 49.6 Å². The molecule has 2 aromatic rings. The number of hydrogen-bond donors (Lipinski definition) is 6. The highest BCUT2D eigenvalue weighted by Crippen LogP contribution is 2.32. The third-order valence-corrected chi connectivity index (χ3v) is 4.79. The van der Waals surface area contributed by atoms with Gasteiger partial charge in [-0.3, -0.25) is 9.59 Å². The van der Waals surface area contributed by atoms with Crippen LogP contribution < -0.4 is 10.6 Å². The lowest BCUT2D eigenvalue weighted by molar-refractivity contribution is -0.113. The number of hydrogen-bond acceptors (Lipinski definition) is 6. The molecule has 0 spiro atoms. The second-order valence-corrected chi connectivity index (χ2v) is 7.13. The molecule has 2 amide bonds. The lowest BCUT2D eigenvalue weighted by Crippen LogP contribution is -2.15. The lowest BCUT2D eigenvalue weighted by Gasteiger charge is -2.11. The van der Waals surface area contributed by atoms with Crippen LogP contribution in [0.2, 0.25) is 0 Å². The van der Waals surface area contributed by atoms with Gasteiger partial charge in [0.25, 0.3) is 11.8 Å². The highest BCUT2D eigenvalue weighted by Gasteiger charge is 2.16. The van der Waals surface area contributed by atoms with E-state index in [1.54, 1.807) is 32.1 Å². The fourth-order valence-corrected chi connectivity index (χ4v) is 2.93. The lowest BCUT2D eigenvalue weighted by atomic mass is 10.1. The largest absolute Gasteiger partial charge is 0.508 e. The molecule has 0 aliphatic heterocycles. The van der Waals surface area contributed by atoms with Crippen molar-refractivity contribution in [3.05, 3.63) is 70.8 Å². The molecule has 1 aliphatic rings. The fraction of sp³-hybridized carbons (Fsp3) is 0.130. The van der Waals surface area contributed by atoms with Crippen LogP contribution in [0.25, 0.3) is 0 Å². The Morgan fingerprint density at radius 3 is 1.84 bits per heavy atom. The van der Waals surface area contributed by atoms with Crippen LogP contribution in [-0.2, 0) is 9.59 Å². The molecular formula is C23H22N2O6. The number of phenols is 4. The van der Waals surface area contributed by atoms with Crippen molar-refractivity contribution in [2.75, 3.05) is 10.6 Å². The van der Waals surface area contributed by atoms with E-state index in [-0.39, 0.29) is 46.4 Å². The van der Waals surface area contributed by atoms with E-state index >= 15 is 0 Å². The molecule has 31 heavy (non-hydrogen) atoms. The highest BCUT2D eigenvalue weighted by atomic mass is 16.3. The Morgan fingerprint density at radius 2 is 1.29 bits per heavy atom. The van der Waals surface area contributed by atoms with Crippen LogP contribution >= 0.6 is 0 Å². The Morgan fingerprint density at radius 1 is 0.774 bits per heavy atom. The van der Waals surface area contributed by atoms with Crippen LogP contribution in [-0.4, -0.2) is 32.2 Å². The van der Waals surface area contributed by atoms with Gasteiger partial charge in [0.05, 0.1) is 11.4 Å². The molecule has 0 aromatic heterocycles. The number of carbonyl (C=O) groups is 2. The standard InChI is InChI=1S/C23H22N2O6/c1-12-8-16(20(28)10-18(12)26)24-22(30)14-4-3-5-15(7-6-14)23(31)25-17-9-13(2)19(27)11-21(17)29/h3-6,8-11,26-29H,7H2,1-2H3,(H,24,30)(H,25,31). The van der Waals surface area contributed by atoms with Crippen molar-refractivity contribution in [2.45, 2.75) is 20.3 Å². The predicted octanol–water partition coefficient (Wildman–Crippen LogP) is 3.52. The van der Waals surface area contributed by atoms with Gasteiger partial charge in [0.2, 0.25) is 0 Å². The maximum atomic E-state index is 12.6. The molecule has 1 aliphatic carbocycles. The van der Waals surface area contributed by atoms with Gasteiger partial charge in [-0.2, -0.15) is 0 Å². The summed E-state index contributed by atoms with van der Waals surface area (Å²) in [5, 5.41) is 44.2. The topological polar surface area (TPSA) is 139 Å². The molecule has 2 aromatic carbocycles. The van der Waals surface area contributed by atoms with E-state index in [0.29, 0.717) is 16.7 Å². The number of aromatic hydroxyl groups is 4. The summed E-state index contributed by atoms with van der Waals surface area (Å²) in [6.07, 6.45) is 6.36. The van der Waals surface area contributed by atoms with Crippen molar-refractivity contribution in [3.8, 4) is 23.0 Å². The van der Waals surface area contributed by atoms with Crippen molar-refractivity contribution in [1.29, 1.82) is 0 Å². The van der Waals surface area contributed by atoms with Gasteiger partial charge in [0.15, 0.2) is 0 Å². The Hall–Kier alpha value is -4.20. The van der Waals surface area contributed by atoms with Gasteiger partial charge in [-0.25, -0.2) is 0 Å². The third kappa shape index (κ3) is 4.87. The first-order valence-corrected chi connectivity index (χ1v) is 9.41. The van der Waals surface area contributed by atoms with Gasteiger partial charge < -0.3 is 31.1 Å². The Bertz CT molecular complexity index is 1160. The quantitative estimate of drug-likeness (QED) is 0.329. The minimum atomic E-state index is -0.487. The molecule has 160 valence electrons. The molecule has 8 nitrogen and oxygen atoms in total. The summed E-state index contributed by atoms with van der Waals surface area (Å²) in [5.41, 5.74) is 1.94. The number of benzene rings is 2. The monoisotopic (exact) mass is 422 g/mol. The second-order valence-electron chi connectivity index (χ2n) is 7.13. The molecule has 8 heteroatoms. The SMILES string of the molecule is Cc1cc(NC(=O)C2=CCC(C(=O)Nc3cc(C)c(O)cc3O)=CC=C2)c(O)cc1O. The van der Waals surface area contributed by atoms with Crippen LogP contribution in [0.4, 0.5) is 11.4 Å². The van der Waals surface area contributed by atoms with Crippen LogP contribution in [0.15, 0.2) is 59.7 Å². The number of aryl methyl sites for hydroxylation is 2. The predicted molar refractivity (Wildman–Crippen MR) is 116 cm³/mol. The number of anilines is 2. The zero-order valence-electron chi connectivity index (χ0n) is 16.9. The Labute approximate surface area is 178 Å². The molecular weight excluding hydrogens is 400 g/mol. The van der Waals surface area contributed by atoms with Crippen LogP contribution in [0.5, 0.6) is 23.0 Å². The molecule has 0 saturated carbocycles. The second kappa shape index (κ2) is 8.66. The number of carbonyl (C=O) groups excluding carboxylic acids is 2. The van der Waals surface area contributed by atoms with E-state index in [1.165, 1.54) is 18.2 Å². The summed E-state index contributed by atoms with van der Waals surface area (Å²) in [4.78, 5) is 25.1. The summed E-state index contributed by atoms with van der Waals surface area (Å²) >= 11 is 0. The van der Waals surface area contributed by atoms with E-state index in [4.69, 9.17) is 0 Å². The smallest absolute Gasteiger partial charge is 0.255 e. The molecule has 6 N–H and O–H groups in total. The molecule has 0 radical (unpaired) electrons. The van der Waals surface area contributed by atoms with Gasteiger partial charge in [0, 0.05) is 23.3 Å². The maximum Gasteiger partial charge on any atom is 0.255 e. The average molecular weight is 422 g/mol. The number of allylic oxidation sites excluding steroid dienone is 3. The van der Waals surface area contributed by atoms with E-state index < -0.39 is 11.8 Å². The highest BCUT2D eigenvalue weighted by molar-refractivity contribution is 6.08. The molecule has 3 rings (SSSR count). The van der Waals surface area contributed by atoms with Crippen LogP contribution in [0.3, 0.4) is 0 Å². The van der Waals surface area contributed by atoms with E-state index in [9.17, 15) is 30.0 Å². The minimum absolute atomic E-state index is 0.0828. The van der Waals surface area contributed by atoms with Crippen molar-refractivity contribution in [1.82, 2.24) is 0 Å². The van der Waals surface area contributed by atoms with Crippen molar-refractivity contribution >= 4 is 23.2 Å². The molecule has 0 saturated heterocycles. The number of amides is 2. The minimum Gasteiger partial charge on any atom is -0.508 e. The molecule has 0 fully saturated rings. The third-order valence-electron chi connectivity index (χ3n) is 4.79.